The maximum Gasteiger partial charge on any atom is 0.161 e. The number of benzene rings is 1. The van der Waals surface area contributed by atoms with Gasteiger partial charge in [0.2, 0.25) is 0 Å². The molecule has 0 radical (unpaired) electrons. The van der Waals surface area contributed by atoms with E-state index < -0.39 is 0 Å². The third-order valence-electron chi connectivity index (χ3n) is 1.85. The van der Waals surface area contributed by atoms with Gasteiger partial charge in [0.25, 0.3) is 0 Å². The second-order valence-electron chi connectivity index (χ2n) is 3.05. The fourth-order valence-corrected chi connectivity index (χ4v) is 1.36. The van der Waals surface area contributed by atoms with Crippen molar-refractivity contribution in [3.05, 3.63) is 23.8 Å². The van der Waals surface area contributed by atoms with Crippen molar-refractivity contribution in [3.8, 4) is 11.5 Å². The van der Waals surface area contributed by atoms with Crippen LogP contribution in [0.3, 0.4) is 0 Å². The normalized spacial score (nSPS) is 9.93. The van der Waals surface area contributed by atoms with Crippen molar-refractivity contribution in [2.45, 2.75) is 13.3 Å². The average molecular weight is 259 g/mol. The number of aryl methyl sites for hydroxylation is 1. The molecule has 0 atom stereocenters. The van der Waals surface area contributed by atoms with Crippen LogP contribution in [0.2, 0.25) is 0 Å². The van der Waals surface area contributed by atoms with Gasteiger partial charge < -0.3 is 9.47 Å². The van der Waals surface area contributed by atoms with Crippen molar-refractivity contribution in [3.63, 3.8) is 0 Å². The van der Waals surface area contributed by atoms with E-state index in [1.54, 1.807) is 7.11 Å². The first-order valence-electron chi connectivity index (χ1n) is 4.61. The highest BCUT2D eigenvalue weighted by Gasteiger charge is 2.03. The first kappa shape index (κ1) is 11.4. The van der Waals surface area contributed by atoms with E-state index in [0.29, 0.717) is 6.61 Å². The number of hydrogen-bond donors (Lipinski definition) is 0. The Morgan fingerprint density at radius 3 is 2.71 bits per heavy atom. The molecule has 1 rings (SSSR count). The van der Waals surface area contributed by atoms with Crippen LogP contribution in [0.25, 0.3) is 0 Å². The van der Waals surface area contributed by atoms with Crippen molar-refractivity contribution in [2.75, 3.05) is 19.0 Å². The van der Waals surface area contributed by atoms with Gasteiger partial charge in [0.05, 0.1) is 13.7 Å². The maximum atomic E-state index is 5.57. The molecule has 3 heteroatoms. The van der Waals surface area contributed by atoms with E-state index >= 15 is 0 Å². The second kappa shape index (κ2) is 5.91. The van der Waals surface area contributed by atoms with Gasteiger partial charge in [-0.1, -0.05) is 22.0 Å². The molecule has 1 aromatic carbocycles. The average Bonchev–Trinajstić information content (AvgIpc) is 2.20. The van der Waals surface area contributed by atoms with Crippen LogP contribution in [0.15, 0.2) is 18.2 Å². The van der Waals surface area contributed by atoms with Crippen LogP contribution in [0, 0.1) is 6.92 Å². The first-order chi connectivity index (χ1) is 6.77. The van der Waals surface area contributed by atoms with Crippen LogP contribution in [0.1, 0.15) is 12.0 Å². The van der Waals surface area contributed by atoms with Crippen molar-refractivity contribution in [2.24, 2.45) is 0 Å². The topological polar surface area (TPSA) is 18.5 Å². The molecule has 0 heterocycles. The monoisotopic (exact) mass is 258 g/mol. The molecule has 0 aliphatic heterocycles. The van der Waals surface area contributed by atoms with Gasteiger partial charge in [0.15, 0.2) is 11.5 Å². The zero-order valence-electron chi connectivity index (χ0n) is 8.55. The van der Waals surface area contributed by atoms with Gasteiger partial charge in [0, 0.05) is 5.33 Å². The van der Waals surface area contributed by atoms with Crippen molar-refractivity contribution in [1.82, 2.24) is 0 Å². The molecule has 0 amide bonds. The van der Waals surface area contributed by atoms with Gasteiger partial charge >= 0.3 is 0 Å². The highest BCUT2D eigenvalue weighted by molar-refractivity contribution is 9.09. The summed E-state index contributed by atoms with van der Waals surface area (Å²) in [4.78, 5) is 0. The maximum absolute atomic E-state index is 5.57. The number of halogens is 1. The lowest BCUT2D eigenvalue weighted by Gasteiger charge is -2.10. The number of alkyl halides is 1. The first-order valence-corrected chi connectivity index (χ1v) is 5.73. The molecule has 0 aromatic heterocycles. The minimum absolute atomic E-state index is 0.713. The number of hydrogen-bond acceptors (Lipinski definition) is 2. The van der Waals surface area contributed by atoms with Crippen LogP contribution in [-0.4, -0.2) is 19.0 Å². The standard InChI is InChI=1S/C11H15BrO2/c1-9-4-5-10(11(8-9)13-2)14-7-3-6-12/h4-5,8H,3,6-7H2,1-2H3. The molecule has 1 aromatic rings. The van der Waals surface area contributed by atoms with Crippen LogP contribution in [0.4, 0.5) is 0 Å². The molecule has 2 nitrogen and oxygen atoms in total. The molecule has 0 saturated heterocycles. The van der Waals surface area contributed by atoms with Gasteiger partial charge in [0.1, 0.15) is 0 Å². The van der Waals surface area contributed by atoms with Crippen molar-refractivity contribution in [1.29, 1.82) is 0 Å². The van der Waals surface area contributed by atoms with E-state index in [1.807, 2.05) is 25.1 Å². The van der Waals surface area contributed by atoms with Crippen LogP contribution in [0.5, 0.6) is 11.5 Å². The Kier molecular flexibility index (Phi) is 4.80. The Hall–Kier alpha value is -0.700. The molecule has 0 spiro atoms. The van der Waals surface area contributed by atoms with E-state index in [2.05, 4.69) is 15.9 Å². The minimum atomic E-state index is 0.713. The third kappa shape index (κ3) is 3.22. The minimum Gasteiger partial charge on any atom is -0.493 e. The molecule has 0 aliphatic carbocycles. The van der Waals surface area contributed by atoms with Crippen molar-refractivity contribution < 1.29 is 9.47 Å². The molecular weight excluding hydrogens is 244 g/mol. The molecule has 0 fully saturated rings. The lowest BCUT2D eigenvalue weighted by molar-refractivity contribution is 0.295. The summed E-state index contributed by atoms with van der Waals surface area (Å²) < 4.78 is 10.8. The summed E-state index contributed by atoms with van der Waals surface area (Å²) in [5.41, 5.74) is 1.18. The highest BCUT2D eigenvalue weighted by atomic mass is 79.9. The van der Waals surface area contributed by atoms with Gasteiger partial charge in [-0.15, -0.1) is 0 Å². The molecule has 0 unspecified atom stereocenters. The van der Waals surface area contributed by atoms with Gasteiger partial charge in [-0.2, -0.15) is 0 Å². The predicted octanol–water partition coefficient (Wildman–Crippen LogP) is 3.17. The smallest absolute Gasteiger partial charge is 0.161 e. The van der Waals surface area contributed by atoms with E-state index in [4.69, 9.17) is 9.47 Å². The summed E-state index contributed by atoms with van der Waals surface area (Å²) in [6, 6.07) is 5.94. The van der Waals surface area contributed by atoms with Gasteiger partial charge in [-0.3, -0.25) is 0 Å². The van der Waals surface area contributed by atoms with E-state index in [-0.39, 0.29) is 0 Å². The summed E-state index contributed by atoms with van der Waals surface area (Å²) in [6.07, 6.45) is 0.997. The predicted molar refractivity (Wildman–Crippen MR) is 61.6 cm³/mol. The Morgan fingerprint density at radius 2 is 2.07 bits per heavy atom. The van der Waals surface area contributed by atoms with Crippen LogP contribution in [-0.2, 0) is 0 Å². The number of methoxy groups -OCH3 is 1. The molecular formula is C11H15BrO2. The Labute approximate surface area is 93.4 Å². The lowest BCUT2D eigenvalue weighted by atomic mass is 10.2. The molecule has 14 heavy (non-hydrogen) atoms. The fraction of sp³-hybridized carbons (Fsp3) is 0.455. The third-order valence-corrected chi connectivity index (χ3v) is 2.42. The van der Waals surface area contributed by atoms with Gasteiger partial charge in [-0.25, -0.2) is 0 Å². The highest BCUT2D eigenvalue weighted by Crippen LogP contribution is 2.27. The largest absolute Gasteiger partial charge is 0.493 e. The second-order valence-corrected chi connectivity index (χ2v) is 3.84. The molecule has 0 N–H and O–H groups in total. The van der Waals surface area contributed by atoms with Crippen molar-refractivity contribution >= 4 is 15.9 Å². The van der Waals surface area contributed by atoms with Gasteiger partial charge in [-0.05, 0) is 31.0 Å². The zero-order valence-corrected chi connectivity index (χ0v) is 10.1. The summed E-state index contributed by atoms with van der Waals surface area (Å²) in [5, 5.41) is 0.960. The van der Waals surface area contributed by atoms with Crippen LogP contribution >= 0.6 is 15.9 Å². The molecule has 0 bridgehead atoms. The summed E-state index contributed by atoms with van der Waals surface area (Å²) >= 11 is 3.36. The Bertz CT molecular complexity index is 287. The zero-order chi connectivity index (χ0) is 10.4. The molecule has 78 valence electrons. The number of ether oxygens (including phenoxy) is 2. The summed E-state index contributed by atoms with van der Waals surface area (Å²) in [7, 11) is 1.66. The number of rotatable bonds is 5. The molecule has 0 aliphatic rings. The Morgan fingerprint density at radius 1 is 1.29 bits per heavy atom. The Balaban J connectivity index is 2.65. The lowest BCUT2D eigenvalue weighted by Crippen LogP contribution is -1.99. The van der Waals surface area contributed by atoms with Crippen LogP contribution < -0.4 is 9.47 Å². The molecule has 0 saturated carbocycles. The SMILES string of the molecule is COc1cc(C)ccc1OCCCBr. The van der Waals surface area contributed by atoms with E-state index in [0.717, 1.165) is 23.2 Å². The quantitative estimate of drug-likeness (QED) is 0.597. The summed E-state index contributed by atoms with van der Waals surface area (Å²) in [5.74, 6) is 1.62. The summed E-state index contributed by atoms with van der Waals surface area (Å²) in [6.45, 7) is 2.75. The van der Waals surface area contributed by atoms with E-state index in [9.17, 15) is 0 Å². The fourth-order valence-electron chi connectivity index (χ4n) is 1.13. The van der Waals surface area contributed by atoms with E-state index in [1.165, 1.54) is 5.56 Å².